The van der Waals surface area contributed by atoms with E-state index in [9.17, 15) is 9.59 Å². The van der Waals surface area contributed by atoms with Gasteiger partial charge in [-0.05, 0) is 0 Å². The van der Waals surface area contributed by atoms with Gasteiger partial charge in [-0.1, -0.05) is 0 Å². The van der Waals surface area contributed by atoms with Gasteiger partial charge in [0.2, 0.25) is 5.91 Å². The average Bonchev–Trinajstić information content (AvgIpc) is 1.82. The summed E-state index contributed by atoms with van der Waals surface area (Å²) in [6.07, 6.45) is 0. The Kier molecular flexibility index (Phi) is 2.21. The number of carbonyl (C=O) groups is 2. The molecule has 0 radical (unpaired) electrons. The zero-order valence-electron chi connectivity index (χ0n) is 7.28. The molecule has 0 atom stereocenters. The maximum Gasteiger partial charge on any atom is 0.319 e. The third-order valence-corrected chi connectivity index (χ3v) is 1.94. The van der Waals surface area contributed by atoms with E-state index in [1.165, 1.54) is 4.90 Å². The van der Waals surface area contributed by atoms with E-state index in [0.29, 0.717) is 13.1 Å². The molecule has 1 aliphatic heterocycles. The summed E-state index contributed by atoms with van der Waals surface area (Å²) in [5.74, 6) is -0.466. The van der Waals surface area contributed by atoms with Crippen molar-refractivity contribution in [2.24, 2.45) is 11.7 Å². The van der Waals surface area contributed by atoms with E-state index >= 15 is 0 Å². The molecule has 0 spiro atoms. The monoisotopic (exact) mass is 171 g/mol. The molecular weight excluding hydrogens is 158 g/mol. The van der Waals surface area contributed by atoms with Crippen LogP contribution >= 0.6 is 0 Å². The number of primary amides is 1. The van der Waals surface area contributed by atoms with Crippen LogP contribution in [0.5, 0.6) is 0 Å². The molecule has 1 heterocycles. The molecule has 1 saturated heterocycles. The molecule has 0 bridgehead atoms. The standard InChI is InChI=1S/C7H13N3O2/c1-9(2)7(12)10-3-5(4-10)6(8)11/h5H,3-4H2,1-2H3,(H2,8,11). The Hall–Kier alpha value is -1.26. The lowest BCUT2D eigenvalue weighted by Gasteiger charge is -2.38. The van der Waals surface area contributed by atoms with E-state index in [-0.39, 0.29) is 17.9 Å². The summed E-state index contributed by atoms with van der Waals surface area (Å²) in [5.41, 5.74) is 5.05. The molecule has 0 aliphatic carbocycles. The Morgan fingerprint density at radius 1 is 1.42 bits per heavy atom. The lowest BCUT2D eigenvalue weighted by molar-refractivity contribution is -0.125. The Balaban J connectivity index is 2.35. The molecule has 12 heavy (non-hydrogen) atoms. The molecule has 2 N–H and O–H groups in total. The SMILES string of the molecule is CN(C)C(=O)N1CC(C(N)=O)C1. The predicted molar refractivity (Wildman–Crippen MR) is 43.3 cm³/mol. The van der Waals surface area contributed by atoms with Crippen LogP contribution < -0.4 is 5.73 Å². The first-order chi connectivity index (χ1) is 5.52. The van der Waals surface area contributed by atoms with Crippen molar-refractivity contribution in [3.63, 3.8) is 0 Å². The van der Waals surface area contributed by atoms with Gasteiger partial charge in [0.1, 0.15) is 0 Å². The van der Waals surface area contributed by atoms with Gasteiger partial charge in [-0.3, -0.25) is 4.79 Å². The van der Waals surface area contributed by atoms with Gasteiger partial charge in [-0.2, -0.15) is 0 Å². The molecule has 1 rings (SSSR count). The summed E-state index contributed by atoms with van der Waals surface area (Å²) in [5, 5.41) is 0. The number of nitrogens with two attached hydrogens (primary N) is 1. The summed E-state index contributed by atoms with van der Waals surface area (Å²) in [6, 6.07) is -0.0625. The number of nitrogens with zero attached hydrogens (tertiary/aromatic N) is 2. The number of rotatable bonds is 1. The average molecular weight is 171 g/mol. The first-order valence-electron chi connectivity index (χ1n) is 3.78. The number of likely N-dealkylation sites (tertiary alicyclic amines) is 1. The van der Waals surface area contributed by atoms with Crippen molar-refractivity contribution < 1.29 is 9.59 Å². The van der Waals surface area contributed by atoms with Crippen molar-refractivity contribution in [2.75, 3.05) is 27.2 Å². The summed E-state index contributed by atoms with van der Waals surface area (Å²) in [4.78, 5) is 24.9. The van der Waals surface area contributed by atoms with E-state index in [4.69, 9.17) is 5.73 Å². The highest BCUT2D eigenvalue weighted by atomic mass is 16.2. The van der Waals surface area contributed by atoms with Gasteiger partial charge in [0.05, 0.1) is 5.92 Å². The van der Waals surface area contributed by atoms with Crippen molar-refractivity contribution in [1.82, 2.24) is 9.80 Å². The number of hydrogen-bond donors (Lipinski definition) is 1. The fraction of sp³-hybridized carbons (Fsp3) is 0.714. The van der Waals surface area contributed by atoms with E-state index in [2.05, 4.69) is 0 Å². The van der Waals surface area contributed by atoms with Crippen LogP contribution in [-0.2, 0) is 4.79 Å². The van der Waals surface area contributed by atoms with Gasteiger partial charge in [0.15, 0.2) is 0 Å². The largest absolute Gasteiger partial charge is 0.369 e. The summed E-state index contributed by atoms with van der Waals surface area (Å²) in [7, 11) is 3.36. The summed E-state index contributed by atoms with van der Waals surface area (Å²) in [6.45, 7) is 0.929. The van der Waals surface area contributed by atoms with Crippen LogP contribution in [0.1, 0.15) is 0 Å². The second-order valence-electron chi connectivity index (χ2n) is 3.18. The highest BCUT2D eigenvalue weighted by Gasteiger charge is 2.34. The van der Waals surface area contributed by atoms with Crippen molar-refractivity contribution in [2.45, 2.75) is 0 Å². The number of amides is 3. The minimum atomic E-state index is -0.321. The molecule has 68 valence electrons. The molecule has 5 nitrogen and oxygen atoms in total. The third-order valence-electron chi connectivity index (χ3n) is 1.94. The van der Waals surface area contributed by atoms with Crippen LogP contribution in [0, 0.1) is 5.92 Å². The number of urea groups is 1. The lowest BCUT2D eigenvalue weighted by Crippen LogP contribution is -2.57. The normalized spacial score (nSPS) is 17.0. The van der Waals surface area contributed by atoms with Crippen molar-refractivity contribution in [1.29, 1.82) is 0 Å². The molecule has 5 heteroatoms. The van der Waals surface area contributed by atoms with Gasteiger partial charge >= 0.3 is 6.03 Å². The van der Waals surface area contributed by atoms with Crippen molar-refractivity contribution >= 4 is 11.9 Å². The van der Waals surface area contributed by atoms with Gasteiger partial charge in [-0.15, -0.1) is 0 Å². The zero-order valence-corrected chi connectivity index (χ0v) is 7.28. The maximum absolute atomic E-state index is 11.2. The first-order valence-corrected chi connectivity index (χ1v) is 3.78. The van der Waals surface area contributed by atoms with Crippen LogP contribution in [0.25, 0.3) is 0 Å². The molecule has 0 saturated carbocycles. The van der Waals surface area contributed by atoms with Crippen LogP contribution in [0.15, 0.2) is 0 Å². The molecule has 1 aliphatic rings. The highest BCUT2D eigenvalue weighted by Crippen LogP contribution is 2.15. The number of carbonyl (C=O) groups excluding carboxylic acids is 2. The fourth-order valence-electron chi connectivity index (χ4n) is 1.10. The zero-order chi connectivity index (χ0) is 9.30. The Bertz CT molecular complexity index is 209. The van der Waals surface area contributed by atoms with Gasteiger partial charge in [0.25, 0.3) is 0 Å². The van der Waals surface area contributed by atoms with Gasteiger partial charge in [0, 0.05) is 27.2 Å². The van der Waals surface area contributed by atoms with Crippen LogP contribution in [-0.4, -0.2) is 48.9 Å². The predicted octanol–water partition coefficient (Wildman–Crippen LogP) is -0.915. The van der Waals surface area contributed by atoms with Gasteiger partial charge in [-0.25, -0.2) is 4.79 Å². The quantitative estimate of drug-likeness (QED) is 0.554. The molecule has 0 aromatic rings. The molecular formula is C7H13N3O2. The second-order valence-corrected chi connectivity index (χ2v) is 3.18. The van der Waals surface area contributed by atoms with E-state index in [1.807, 2.05) is 0 Å². The number of hydrogen-bond acceptors (Lipinski definition) is 2. The van der Waals surface area contributed by atoms with Crippen LogP contribution in [0.4, 0.5) is 4.79 Å². The third kappa shape index (κ3) is 1.49. The highest BCUT2D eigenvalue weighted by molar-refractivity contribution is 5.82. The summed E-state index contributed by atoms with van der Waals surface area (Å²) < 4.78 is 0. The molecule has 3 amide bonds. The first kappa shape index (κ1) is 8.83. The second kappa shape index (κ2) is 3.00. The Morgan fingerprint density at radius 2 is 1.92 bits per heavy atom. The van der Waals surface area contributed by atoms with E-state index in [1.54, 1.807) is 19.0 Å². The van der Waals surface area contributed by atoms with Crippen LogP contribution in [0.3, 0.4) is 0 Å². The Labute approximate surface area is 71.1 Å². The van der Waals surface area contributed by atoms with Crippen molar-refractivity contribution in [3.05, 3.63) is 0 Å². The van der Waals surface area contributed by atoms with Crippen LogP contribution in [0.2, 0.25) is 0 Å². The molecule has 0 aromatic carbocycles. The summed E-state index contributed by atoms with van der Waals surface area (Å²) >= 11 is 0. The smallest absolute Gasteiger partial charge is 0.319 e. The molecule has 0 unspecified atom stereocenters. The molecule has 1 fully saturated rings. The van der Waals surface area contributed by atoms with E-state index < -0.39 is 0 Å². The van der Waals surface area contributed by atoms with Crippen molar-refractivity contribution in [3.8, 4) is 0 Å². The molecule has 0 aromatic heterocycles. The lowest BCUT2D eigenvalue weighted by atomic mass is 10.0. The van der Waals surface area contributed by atoms with E-state index in [0.717, 1.165) is 0 Å². The Morgan fingerprint density at radius 3 is 2.25 bits per heavy atom. The minimum absolute atomic E-state index is 0.0625. The minimum Gasteiger partial charge on any atom is -0.369 e. The topological polar surface area (TPSA) is 66.6 Å². The fourth-order valence-corrected chi connectivity index (χ4v) is 1.10. The van der Waals surface area contributed by atoms with Gasteiger partial charge < -0.3 is 15.5 Å². The maximum atomic E-state index is 11.2.